The maximum atomic E-state index is 11.3. The van der Waals surface area contributed by atoms with Crippen LogP contribution in [-0.4, -0.2) is 62.5 Å². The highest BCUT2D eigenvalue weighted by atomic mass is 35.5. The summed E-state index contributed by atoms with van der Waals surface area (Å²) < 4.78 is 30.7. The minimum atomic E-state index is -3.15. The van der Waals surface area contributed by atoms with Crippen molar-refractivity contribution >= 4 is 33.3 Å². The molecule has 0 unspecified atom stereocenters. The predicted octanol–water partition coefficient (Wildman–Crippen LogP) is 3.24. The summed E-state index contributed by atoms with van der Waals surface area (Å²) in [5, 5.41) is 7.44. The van der Waals surface area contributed by atoms with Crippen molar-refractivity contribution < 1.29 is 13.2 Å². The molecule has 4 rings (SSSR count). The lowest BCUT2D eigenvalue weighted by atomic mass is 9.86. The Balaban J connectivity index is 1.37. The molecule has 2 fully saturated rings. The molecule has 9 nitrogen and oxygen atoms in total. The molecular weight excluding hydrogens is 488 g/mol. The third-order valence-electron chi connectivity index (χ3n) is 6.82. The Morgan fingerprint density at radius 2 is 1.91 bits per heavy atom. The molecule has 0 bridgehead atoms. The van der Waals surface area contributed by atoms with Gasteiger partial charge < -0.3 is 21.1 Å². The van der Waals surface area contributed by atoms with Crippen LogP contribution >= 0.6 is 11.6 Å². The van der Waals surface area contributed by atoms with E-state index in [1.807, 2.05) is 24.3 Å². The van der Waals surface area contributed by atoms with Crippen LogP contribution in [0.25, 0.3) is 11.3 Å². The Bertz CT molecular complexity index is 1100. The van der Waals surface area contributed by atoms with E-state index in [0.29, 0.717) is 37.2 Å². The largest absolute Gasteiger partial charge is 0.381 e. The molecule has 2 aromatic heterocycles. The Hall–Kier alpha value is -1.98. The van der Waals surface area contributed by atoms with E-state index in [-0.39, 0.29) is 11.6 Å². The fourth-order valence-corrected chi connectivity index (χ4v) is 5.35. The molecule has 1 saturated heterocycles. The molecule has 192 valence electrons. The highest BCUT2D eigenvalue weighted by molar-refractivity contribution is 7.88. The average Bonchev–Trinajstić information content (AvgIpc) is 2.84. The SMILES string of the molecule is CS(=O)(=O)NC[C@H]1CC[C@H](Nc2cc(-c3cccc(NCC4(N)CCOCC4)n3)c(Cl)cn2)CC1. The van der Waals surface area contributed by atoms with Crippen molar-refractivity contribution in [3.63, 3.8) is 0 Å². The van der Waals surface area contributed by atoms with Gasteiger partial charge in [0.1, 0.15) is 11.6 Å². The van der Waals surface area contributed by atoms with E-state index in [2.05, 4.69) is 20.3 Å². The maximum Gasteiger partial charge on any atom is 0.208 e. The van der Waals surface area contributed by atoms with Gasteiger partial charge in [0.2, 0.25) is 10.0 Å². The fraction of sp³-hybridized carbons (Fsp3) is 0.583. The van der Waals surface area contributed by atoms with Crippen LogP contribution in [0.4, 0.5) is 11.6 Å². The minimum Gasteiger partial charge on any atom is -0.381 e. The summed E-state index contributed by atoms with van der Waals surface area (Å²) >= 11 is 6.50. The van der Waals surface area contributed by atoms with Gasteiger partial charge in [0.15, 0.2) is 0 Å². The van der Waals surface area contributed by atoms with Crippen LogP contribution in [-0.2, 0) is 14.8 Å². The summed E-state index contributed by atoms with van der Waals surface area (Å²) in [6.07, 6.45) is 8.33. The van der Waals surface area contributed by atoms with Crippen LogP contribution in [0.15, 0.2) is 30.5 Å². The van der Waals surface area contributed by atoms with Gasteiger partial charge in [-0.1, -0.05) is 17.7 Å². The highest BCUT2D eigenvalue weighted by Gasteiger charge is 2.28. The first-order valence-electron chi connectivity index (χ1n) is 12.1. The van der Waals surface area contributed by atoms with Gasteiger partial charge in [-0.05, 0) is 62.6 Å². The molecule has 5 N–H and O–H groups in total. The summed E-state index contributed by atoms with van der Waals surface area (Å²) in [5.41, 5.74) is 7.78. The van der Waals surface area contributed by atoms with E-state index in [4.69, 9.17) is 27.1 Å². The average molecular weight is 523 g/mol. The molecule has 35 heavy (non-hydrogen) atoms. The Kier molecular flexibility index (Phi) is 8.49. The Labute approximate surface area is 212 Å². The lowest BCUT2D eigenvalue weighted by molar-refractivity contribution is 0.0574. The van der Waals surface area contributed by atoms with Crippen molar-refractivity contribution in [3.05, 3.63) is 35.5 Å². The van der Waals surface area contributed by atoms with Gasteiger partial charge in [-0.2, -0.15) is 0 Å². The van der Waals surface area contributed by atoms with Crippen LogP contribution in [0, 0.1) is 5.92 Å². The van der Waals surface area contributed by atoms with Crippen LogP contribution < -0.4 is 21.1 Å². The number of pyridine rings is 2. The number of ether oxygens (including phenoxy) is 1. The second kappa shape index (κ2) is 11.4. The van der Waals surface area contributed by atoms with Crippen LogP contribution in [0.5, 0.6) is 0 Å². The zero-order chi connectivity index (χ0) is 24.9. The number of rotatable bonds is 9. The van der Waals surface area contributed by atoms with Gasteiger partial charge in [-0.3, -0.25) is 0 Å². The van der Waals surface area contributed by atoms with Gasteiger partial charge >= 0.3 is 0 Å². The molecule has 0 amide bonds. The molecule has 0 aromatic carbocycles. The maximum absolute atomic E-state index is 11.3. The molecule has 1 aliphatic heterocycles. The molecular formula is C24H35ClN6O3S. The summed E-state index contributed by atoms with van der Waals surface area (Å²) in [6, 6.07) is 8.04. The van der Waals surface area contributed by atoms with Gasteiger partial charge in [-0.25, -0.2) is 23.1 Å². The molecule has 2 aromatic rings. The predicted molar refractivity (Wildman–Crippen MR) is 140 cm³/mol. The number of halogens is 1. The van der Waals surface area contributed by atoms with Crippen LogP contribution in [0.2, 0.25) is 5.02 Å². The quantitative estimate of drug-likeness (QED) is 0.394. The van der Waals surface area contributed by atoms with E-state index in [9.17, 15) is 8.42 Å². The molecule has 0 atom stereocenters. The Morgan fingerprint density at radius 1 is 1.17 bits per heavy atom. The van der Waals surface area contributed by atoms with Crippen molar-refractivity contribution in [3.8, 4) is 11.3 Å². The monoisotopic (exact) mass is 522 g/mol. The molecule has 0 spiro atoms. The topological polar surface area (TPSA) is 131 Å². The molecule has 11 heteroatoms. The number of anilines is 2. The number of hydrogen-bond donors (Lipinski definition) is 4. The van der Waals surface area contributed by atoms with Crippen LogP contribution in [0.1, 0.15) is 38.5 Å². The van der Waals surface area contributed by atoms with E-state index in [1.165, 1.54) is 6.26 Å². The van der Waals surface area contributed by atoms with Gasteiger partial charge in [0.05, 0.1) is 17.0 Å². The third-order valence-corrected chi connectivity index (χ3v) is 7.82. The number of aromatic nitrogens is 2. The fourth-order valence-electron chi connectivity index (χ4n) is 4.61. The molecule has 2 aliphatic rings. The summed E-state index contributed by atoms with van der Waals surface area (Å²) in [5.74, 6) is 1.87. The van der Waals surface area contributed by atoms with E-state index in [0.717, 1.165) is 61.4 Å². The molecule has 0 radical (unpaired) electrons. The number of hydrogen-bond acceptors (Lipinski definition) is 8. The molecule has 1 saturated carbocycles. The molecule has 1 aliphatic carbocycles. The van der Waals surface area contributed by atoms with Gasteiger partial charge in [-0.15, -0.1) is 0 Å². The standard InChI is InChI=1S/C24H35ClN6O3S/c1-35(32,33)29-14-17-5-7-18(8-6-17)30-23-13-19(20(25)15-27-23)21-3-2-4-22(31-21)28-16-24(26)9-11-34-12-10-24/h2-4,13,15,17-18,29H,5-12,14,16,26H2,1H3,(H,27,30)(H,28,31)/t17-,18-. The summed E-state index contributed by atoms with van der Waals surface area (Å²) in [6.45, 7) is 2.51. The minimum absolute atomic E-state index is 0.284. The normalized spacial score (nSPS) is 22.5. The smallest absolute Gasteiger partial charge is 0.208 e. The number of nitrogens with two attached hydrogens (primary N) is 1. The van der Waals surface area contributed by atoms with E-state index < -0.39 is 10.0 Å². The van der Waals surface area contributed by atoms with E-state index >= 15 is 0 Å². The van der Waals surface area contributed by atoms with Crippen molar-refractivity contribution in [1.29, 1.82) is 0 Å². The van der Waals surface area contributed by atoms with Crippen molar-refractivity contribution in [2.45, 2.75) is 50.1 Å². The summed E-state index contributed by atoms with van der Waals surface area (Å²) in [4.78, 5) is 9.23. The zero-order valence-corrected chi connectivity index (χ0v) is 21.7. The number of nitrogens with one attached hydrogen (secondary N) is 3. The molecule has 3 heterocycles. The second-order valence-electron chi connectivity index (χ2n) is 9.77. The second-order valence-corrected chi connectivity index (χ2v) is 12.0. The first-order chi connectivity index (χ1) is 16.7. The van der Waals surface area contributed by atoms with E-state index in [1.54, 1.807) is 6.20 Å². The third kappa shape index (κ3) is 7.75. The van der Waals surface area contributed by atoms with Gasteiger partial charge in [0, 0.05) is 49.6 Å². The number of sulfonamides is 1. The van der Waals surface area contributed by atoms with Crippen molar-refractivity contribution in [1.82, 2.24) is 14.7 Å². The van der Waals surface area contributed by atoms with Crippen LogP contribution in [0.3, 0.4) is 0 Å². The highest BCUT2D eigenvalue weighted by Crippen LogP contribution is 2.31. The van der Waals surface area contributed by atoms with Crippen molar-refractivity contribution in [2.24, 2.45) is 11.7 Å². The lowest BCUT2D eigenvalue weighted by Crippen LogP contribution is -2.50. The number of nitrogens with zero attached hydrogens (tertiary/aromatic N) is 2. The Morgan fingerprint density at radius 3 is 2.63 bits per heavy atom. The first kappa shape index (κ1) is 26.1. The van der Waals surface area contributed by atoms with Gasteiger partial charge in [0.25, 0.3) is 0 Å². The van der Waals surface area contributed by atoms with Crippen molar-refractivity contribution in [2.75, 3.05) is 43.2 Å². The summed E-state index contributed by atoms with van der Waals surface area (Å²) in [7, 11) is -3.15. The first-order valence-corrected chi connectivity index (χ1v) is 14.4. The lowest BCUT2D eigenvalue weighted by Gasteiger charge is -2.33. The zero-order valence-electron chi connectivity index (χ0n) is 20.1.